The molecule has 0 N–H and O–H groups in total. The number of benzene rings is 1. The fraction of sp³-hybridized carbons (Fsp3) is 0.450. The molecule has 0 aromatic heterocycles. The Labute approximate surface area is 149 Å². The molecule has 1 aromatic rings. The van der Waals surface area contributed by atoms with Crippen LogP contribution in [0.3, 0.4) is 0 Å². The Morgan fingerprint density at radius 2 is 1.88 bits per heavy atom. The van der Waals surface area contributed by atoms with E-state index < -0.39 is 16.8 Å². The predicted molar refractivity (Wildman–Crippen MR) is 94.3 cm³/mol. The normalized spacial score (nSPS) is 15.6. The van der Waals surface area contributed by atoms with E-state index in [0.29, 0.717) is 18.6 Å². The number of methoxy groups -OCH3 is 1. The molecule has 0 aliphatic rings. The van der Waals surface area contributed by atoms with Crippen LogP contribution < -0.4 is 0 Å². The monoisotopic (exact) mass is 340 g/mol. The van der Waals surface area contributed by atoms with Crippen molar-refractivity contribution >= 4 is 5.97 Å². The standard InChI is InChI=1S/C20H24N2O3/c1-4-25-18(23)20(16-22,13-9-6-10-14-24-3)19(2,15-21)17-11-7-5-8-12-17/h5-9,11-12H,4,10,13-14H2,1-3H3/b9-6+/t19-,20-/m1/s1. The van der Waals surface area contributed by atoms with Gasteiger partial charge in [-0.1, -0.05) is 42.5 Å². The van der Waals surface area contributed by atoms with Crippen LogP contribution in [0, 0.1) is 28.1 Å². The fourth-order valence-electron chi connectivity index (χ4n) is 2.69. The summed E-state index contributed by atoms with van der Waals surface area (Å²) in [7, 11) is 1.61. The van der Waals surface area contributed by atoms with Crippen molar-refractivity contribution in [3.63, 3.8) is 0 Å². The minimum absolute atomic E-state index is 0.0883. The van der Waals surface area contributed by atoms with Gasteiger partial charge in [0.15, 0.2) is 5.41 Å². The third-order valence-electron chi connectivity index (χ3n) is 4.32. The first-order valence-corrected chi connectivity index (χ1v) is 8.21. The van der Waals surface area contributed by atoms with Gasteiger partial charge in [-0.05, 0) is 32.3 Å². The second-order valence-electron chi connectivity index (χ2n) is 5.80. The van der Waals surface area contributed by atoms with E-state index in [-0.39, 0.29) is 13.0 Å². The highest BCUT2D eigenvalue weighted by Gasteiger charge is 2.56. The molecule has 5 nitrogen and oxygen atoms in total. The van der Waals surface area contributed by atoms with Gasteiger partial charge >= 0.3 is 5.97 Å². The first-order chi connectivity index (χ1) is 12.0. The van der Waals surface area contributed by atoms with Crippen molar-refractivity contribution in [2.75, 3.05) is 20.3 Å². The molecule has 25 heavy (non-hydrogen) atoms. The van der Waals surface area contributed by atoms with E-state index >= 15 is 0 Å². The summed E-state index contributed by atoms with van der Waals surface area (Å²) < 4.78 is 10.2. The first-order valence-electron chi connectivity index (χ1n) is 8.21. The van der Waals surface area contributed by atoms with Crippen LogP contribution in [0.25, 0.3) is 0 Å². The fourth-order valence-corrected chi connectivity index (χ4v) is 2.69. The summed E-state index contributed by atoms with van der Waals surface area (Å²) in [5.74, 6) is -0.679. The van der Waals surface area contributed by atoms with Crippen molar-refractivity contribution < 1.29 is 14.3 Å². The smallest absolute Gasteiger partial charge is 0.328 e. The predicted octanol–water partition coefficient (Wildman–Crippen LogP) is 3.52. The summed E-state index contributed by atoms with van der Waals surface area (Å²) in [5, 5.41) is 19.9. The average molecular weight is 340 g/mol. The zero-order valence-electron chi connectivity index (χ0n) is 15.0. The Hall–Kier alpha value is -2.63. The summed E-state index contributed by atoms with van der Waals surface area (Å²) in [4.78, 5) is 12.7. The van der Waals surface area contributed by atoms with Crippen LogP contribution >= 0.6 is 0 Å². The summed E-state index contributed by atoms with van der Waals surface area (Å²) in [6.07, 6.45) is 4.34. The number of esters is 1. The Morgan fingerprint density at radius 3 is 2.40 bits per heavy atom. The number of allylic oxidation sites excluding steroid dienone is 1. The molecule has 0 bridgehead atoms. The number of hydrogen-bond donors (Lipinski definition) is 0. The molecule has 0 fully saturated rings. The lowest BCUT2D eigenvalue weighted by atomic mass is 9.60. The van der Waals surface area contributed by atoms with E-state index in [1.165, 1.54) is 0 Å². The molecule has 0 radical (unpaired) electrons. The van der Waals surface area contributed by atoms with Crippen LogP contribution in [0.1, 0.15) is 32.3 Å². The van der Waals surface area contributed by atoms with Gasteiger partial charge in [0.25, 0.3) is 0 Å². The Balaban J connectivity index is 3.38. The van der Waals surface area contributed by atoms with E-state index in [2.05, 4.69) is 12.1 Å². The van der Waals surface area contributed by atoms with E-state index in [1.54, 1.807) is 51.3 Å². The average Bonchev–Trinajstić information content (AvgIpc) is 2.65. The maximum Gasteiger partial charge on any atom is 0.328 e. The van der Waals surface area contributed by atoms with Crippen molar-refractivity contribution in [3.8, 4) is 12.1 Å². The quantitative estimate of drug-likeness (QED) is 0.390. The Kier molecular flexibility index (Phi) is 7.85. The lowest BCUT2D eigenvalue weighted by molar-refractivity contribution is -0.154. The molecule has 0 saturated heterocycles. The molecule has 5 heteroatoms. The highest BCUT2D eigenvalue weighted by Crippen LogP contribution is 2.45. The van der Waals surface area contributed by atoms with Gasteiger partial charge in [0.05, 0.1) is 18.7 Å². The summed E-state index contributed by atoms with van der Waals surface area (Å²) >= 11 is 0. The molecule has 0 amide bonds. The third-order valence-corrected chi connectivity index (χ3v) is 4.32. The lowest BCUT2D eigenvalue weighted by Crippen LogP contribution is -2.48. The Morgan fingerprint density at radius 1 is 1.20 bits per heavy atom. The summed E-state index contributed by atoms with van der Waals surface area (Å²) in [5.41, 5.74) is -2.37. The highest BCUT2D eigenvalue weighted by atomic mass is 16.5. The maximum atomic E-state index is 12.7. The summed E-state index contributed by atoms with van der Waals surface area (Å²) in [6.45, 7) is 3.99. The number of ether oxygens (including phenoxy) is 2. The van der Waals surface area contributed by atoms with Gasteiger partial charge in [-0.15, -0.1) is 0 Å². The van der Waals surface area contributed by atoms with Gasteiger partial charge in [0.2, 0.25) is 0 Å². The summed E-state index contributed by atoms with van der Waals surface area (Å²) in [6, 6.07) is 13.2. The molecule has 1 rings (SSSR count). The minimum atomic E-state index is -1.64. The molecule has 0 saturated carbocycles. The second-order valence-corrected chi connectivity index (χ2v) is 5.80. The molecule has 0 aliphatic heterocycles. The third kappa shape index (κ3) is 4.26. The molecule has 0 aliphatic carbocycles. The van der Waals surface area contributed by atoms with Gasteiger partial charge < -0.3 is 9.47 Å². The van der Waals surface area contributed by atoms with Crippen LogP contribution in [0.4, 0.5) is 0 Å². The zero-order valence-corrected chi connectivity index (χ0v) is 15.0. The lowest BCUT2D eigenvalue weighted by Gasteiger charge is -2.36. The number of carbonyl (C=O) groups is 1. The zero-order chi connectivity index (χ0) is 18.8. The van der Waals surface area contributed by atoms with Crippen LogP contribution in [0.2, 0.25) is 0 Å². The Bertz CT molecular complexity index is 672. The first kappa shape index (κ1) is 20.4. The molecule has 0 spiro atoms. The second kappa shape index (κ2) is 9.61. The number of nitriles is 2. The number of carbonyl (C=O) groups excluding carboxylic acids is 1. The van der Waals surface area contributed by atoms with E-state index in [0.717, 1.165) is 0 Å². The molecule has 0 unspecified atom stereocenters. The van der Waals surface area contributed by atoms with Gasteiger partial charge in [-0.2, -0.15) is 10.5 Å². The molecule has 2 atom stereocenters. The van der Waals surface area contributed by atoms with Crippen LogP contribution in [0.15, 0.2) is 42.5 Å². The molecule has 1 aromatic carbocycles. The van der Waals surface area contributed by atoms with Crippen molar-refractivity contribution in [1.82, 2.24) is 0 Å². The van der Waals surface area contributed by atoms with Crippen molar-refractivity contribution in [2.45, 2.75) is 32.1 Å². The van der Waals surface area contributed by atoms with Gasteiger partial charge in [0.1, 0.15) is 5.41 Å². The molecule has 132 valence electrons. The van der Waals surface area contributed by atoms with Crippen molar-refractivity contribution in [3.05, 3.63) is 48.0 Å². The SMILES string of the molecule is CCOC(=O)[C@](C#N)(C/C=C/CCOC)[C@](C)(C#N)c1ccccc1. The van der Waals surface area contributed by atoms with E-state index in [4.69, 9.17) is 9.47 Å². The molecular weight excluding hydrogens is 316 g/mol. The topological polar surface area (TPSA) is 83.1 Å². The van der Waals surface area contributed by atoms with Crippen molar-refractivity contribution in [2.24, 2.45) is 5.41 Å². The van der Waals surface area contributed by atoms with Gasteiger partial charge in [-0.25, -0.2) is 0 Å². The van der Waals surface area contributed by atoms with Crippen LogP contribution in [0.5, 0.6) is 0 Å². The minimum Gasteiger partial charge on any atom is -0.465 e. The van der Waals surface area contributed by atoms with Gasteiger partial charge in [-0.3, -0.25) is 4.79 Å². The van der Waals surface area contributed by atoms with E-state index in [9.17, 15) is 15.3 Å². The van der Waals surface area contributed by atoms with Crippen molar-refractivity contribution in [1.29, 1.82) is 10.5 Å². The number of nitrogens with zero attached hydrogens (tertiary/aromatic N) is 2. The molecular formula is C20H24N2O3. The highest BCUT2D eigenvalue weighted by molar-refractivity contribution is 5.84. The van der Waals surface area contributed by atoms with Gasteiger partial charge in [0, 0.05) is 13.7 Å². The largest absolute Gasteiger partial charge is 0.465 e. The van der Waals surface area contributed by atoms with E-state index in [1.807, 2.05) is 12.1 Å². The van der Waals surface area contributed by atoms with Crippen LogP contribution in [-0.2, 0) is 19.7 Å². The number of hydrogen-bond acceptors (Lipinski definition) is 5. The maximum absolute atomic E-state index is 12.7. The molecule has 0 heterocycles. The number of rotatable bonds is 9. The van der Waals surface area contributed by atoms with Crippen LogP contribution in [-0.4, -0.2) is 26.3 Å².